The molecule has 0 aliphatic heterocycles. The second-order valence-electron chi connectivity index (χ2n) is 6.64. The standard InChI is InChI=1S/C21H17F4N5O2/c1-27-20(32)17-18(26)28-10-16(30-17)12-3-2-4-13(8-12)19(31)29-9-11-5-6-15(22)14(7-11)21(23,24)25/h2-8,10H,9H2,1H3,(H2,26,28)(H,27,32)(H,29,31). The van der Waals surface area contributed by atoms with E-state index in [2.05, 4.69) is 20.6 Å². The van der Waals surface area contributed by atoms with Crippen LogP contribution in [-0.4, -0.2) is 28.8 Å². The molecule has 0 saturated carbocycles. The van der Waals surface area contributed by atoms with E-state index in [4.69, 9.17) is 5.73 Å². The third-order valence-electron chi connectivity index (χ3n) is 4.45. The number of aromatic nitrogens is 2. The van der Waals surface area contributed by atoms with Crippen molar-refractivity contribution in [3.8, 4) is 11.3 Å². The monoisotopic (exact) mass is 447 g/mol. The molecule has 32 heavy (non-hydrogen) atoms. The van der Waals surface area contributed by atoms with E-state index < -0.39 is 29.4 Å². The molecule has 0 aliphatic rings. The van der Waals surface area contributed by atoms with Gasteiger partial charge in [-0.1, -0.05) is 18.2 Å². The number of nitrogens with zero attached hydrogens (tertiary/aromatic N) is 2. The van der Waals surface area contributed by atoms with Gasteiger partial charge in [0.25, 0.3) is 11.8 Å². The van der Waals surface area contributed by atoms with Gasteiger partial charge in [-0.05, 0) is 29.8 Å². The fourth-order valence-electron chi connectivity index (χ4n) is 2.83. The van der Waals surface area contributed by atoms with Gasteiger partial charge in [0, 0.05) is 24.7 Å². The topological polar surface area (TPSA) is 110 Å². The number of halogens is 4. The van der Waals surface area contributed by atoms with E-state index >= 15 is 0 Å². The molecule has 0 spiro atoms. The van der Waals surface area contributed by atoms with Crippen molar-refractivity contribution in [3.05, 3.63) is 76.9 Å². The third kappa shape index (κ3) is 4.99. The Hall–Kier alpha value is -4.02. The molecule has 0 fully saturated rings. The molecular weight excluding hydrogens is 430 g/mol. The highest BCUT2D eigenvalue weighted by Crippen LogP contribution is 2.31. The lowest BCUT2D eigenvalue weighted by atomic mass is 10.1. The van der Waals surface area contributed by atoms with Crippen LogP contribution in [0.1, 0.15) is 32.0 Å². The average Bonchev–Trinajstić information content (AvgIpc) is 2.77. The van der Waals surface area contributed by atoms with Crippen LogP contribution in [0.2, 0.25) is 0 Å². The summed E-state index contributed by atoms with van der Waals surface area (Å²) in [6, 6.07) is 8.70. The van der Waals surface area contributed by atoms with Crippen molar-refractivity contribution >= 4 is 17.6 Å². The first-order valence-electron chi connectivity index (χ1n) is 9.19. The molecule has 3 aromatic rings. The summed E-state index contributed by atoms with van der Waals surface area (Å²) in [6.07, 6.45) is -3.50. The molecule has 0 unspecified atom stereocenters. The van der Waals surface area contributed by atoms with Crippen LogP contribution in [0.25, 0.3) is 11.3 Å². The molecule has 166 valence electrons. The van der Waals surface area contributed by atoms with Crippen LogP contribution in [0.15, 0.2) is 48.7 Å². The van der Waals surface area contributed by atoms with Crippen molar-refractivity contribution in [2.24, 2.45) is 0 Å². The van der Waals surface area contributed by atoms with Crippen molar-refractivity contribution in [2.75, 3.05) is 12.8 Å². The summed E-state index contributed by atoms with van der Waals surface area (Å²) < 4.78 is 52.0. The smallest absolute Gasteiger partial charge is 0.382 e. The molecule has 3 rings (SSSR count). The lowest BCUT2D eigenvalue weighted by Crippen LogP contribution is -2.23. The van der Waals surface area contributed by atoms with Gasteiger partial charge in [0.1, 0.15) is 5.82 Å². The highest BCUT2D eigenvalue weighted by atomic mass is 19.4. The molecule has 1 aromatic heterocycles. The molecule has 2 aromatic carbocycles. The number of benzene rings is 2. The first kappa shape index (κ1) is 22.7. The fourth-order valence-corrected chi connectivity index (χ4v) is 2.83. The zero-order valence-electron chi connectivity index (χ0n) is 16.6. The minimum atomic E-state index is -4.84. The summed E-state index contributed by atoms with van der Waals surface area (Å²) in [5, 5.41) is 4.89. The van der Waals surface area contributed by atoms with E-state index in [0.29, 0.717) is 23.4 Å². The van der Waals surface area contributed by atoms with Gasteiger partial charge in [0.05, 0.1) is 17.5 Å². The van der Waals surface area contributed by atoms with Gasteiger partial charge in [-0.3, -0.25) is 9.59 Å². The molecule has 0 bridgehead atoms. The SMILES string of the molecule is CNC(=O)c1nc(-c2cccc(C(=O)NCc3ccc(F)c(C(F)(F)F)c3)c2)cnc1N. The fraction of sp³-hybridized carbons (Fsp3) is 0.143. The molecule has 0 radical (unpaired) electrons. The van der Waals surface area contributed by atoms with Gasteiger partial charge in [0.2, 0.25) is 0 Å². The van der Waals surface area contributed by atoms with Crippen LogP contribution in [0, 0.1) is 5.82 Å². The van der Waals surface area contributed by atoms with Crippen LogP contribution >= 0.6 is 0 Å². The Morgan fingerprint density at radius 2 is 1.84 bits per heavy atom. The van der Waals surface area contributed by atoms with Gasteiger partial charge in [0.15, 0.2) is 11.5 Å². The van der Waals surface area contributed by atoms with Crippen LogP contribution < -0.4 is 16.4 Å². The predicted molar refractivity (Wildman–Crippen MR) is 108 cm³/mol. The maximum absolute atomic E-state index is 13.4. The highest BCUT2D eigenvalue weighted by Gasteiger charge is 2.34. The number of carbonyl (C=O) groups is 2. The maximum Gasteiger partial charge on any atom is 0.419 e. The lowest BCUT2D eigenvalue weighted by molar-refractivity contribution is -0.140. The average molecular weight is 447 g/mol. The Bertz CT molecular complexity index is 1180. The van der Waals surface area contributed by atoms with Gasteiger partial charge in [-0.25, -0.2) is 14.4 Å². The minimum Gasteiger partial charge on any atom is -0.382 e. The number of nitrogens with two attached hydrogens (primary N) is 1. The molecule has 0 aliphatic carbocycles. The Morgan fingerprint density at radius 3 is 2.53 bits per heavy atom. The first-order valence-corrected chi connectivity index (χ1v) is 9.19. The van der Waals surface area contributed by atoms with Gasteiger partial charge < -0.3 is 16.4 Å². The molecule has 2 amide bonds. The van der Waals surface area contributed by atoms with E-state index in [1.807, 2.05) is 0 Å². The molecule has 1 heterocycles. The second kappa shape index (κ2) is 9.00. The van der Waals surface area contributed by atoms with Crippen molar-refractivity contribution < 1.29 is 27.2 Å². The lowest BCUT2D eigenvalue weighted by Gasteiger charge is -2.11. The van der Waals surface area contributed by atoms with Crippen LogP contribution in [0.5, 0.6) is 0 Å². The number of alkyl halides is 3. The summed E-state index contributed by atoms with van der Waals surface area (Å²) >= 11 is 0. The number of anilines is 1. The van der Waals surface area contributed by atoms with Crippen molar-refractivity contribution in [3.63, 3.8) is 0 Å². The third-order valence-corrected chi connectivity index (χ3v) is 4.45. The van der Waals surface area contributed by atoms with Crippen molar-refractivity contribution in [1.82, 2.24) is 20.6 Å². The van der Waals surface area contributed by atoms with Crippen molar-refractivity contribution in [1.29, 1.82) is 0 Å². The molecule has 0 atom stereocenters. The minimum absolute atomic E-state index is 0.0560. The maximum atomic E-state index is 13.4. The van der Waals surface area contributed by atoms with E-state index in [1.165, 1.54) is 25.4 Å². The summed E-state index contributed by atoms with van der Waals surface area (Å²) in [5.41, 5.74) is 5.24. The predicted octanol–water partition coefficient (Wildman–Crippen LogP) is 3.17. The van der Waals surface area contributed by atoms with Crippen LogP contribution in [0.4, 0.5) is 23.4 Å². The highest BCUT2D eigenvalue weighted by molar-refractivity contribution is 5.97. The van der Waals surface area contributed by atoms with E-state index in [0.717, 1.165) is 6.07 Å². The Kier molecular flexibility index (Phi) is 6.37. The second-order valence-corrected chi connectivity index (χ2v) is 6.64. The molecule has 7 nitrogen and oxygen atoms in total. The van der Waals surface area contributed by atoms with E-state index in [1.54, 1.807) is 12.1 Å². The van der Waals surface area contributed by atoms with Crippen LogP contribution in [0.3, 0.4) is 0 Å². The number of nitrogens with one attached hydrogen (secondary N) is 2. The quantitative estimate of drug-likeness (QED) is 0.521. The zero-order valence-corrected chi connectivity index (χ0v) is 16.6. The number of carbonyl (C=O) groups excluding carboxylic acids is 2. The van der Waals surface area contributed by atoms with E-state index in [-0.39, 0.29) is 29.2 Å². The summed E-state index contributed by atoms with van der Waals surface area (Å²) in [6.45, 7) is -0.241. The summed E-state index contributed by atoms with van der Waals surface area (Å²) in [5.74, 6) is -2.54. The Labute approximate surface area is 179 Å². The van der Waals surface area contributed by atoms with Crippen LogP contribution in [-0.2, 0) is 12.7 Å². The number of nitrogen functional groups attached to an aromatic ring is 1. The molecule has 11 heteroatoms. The number of amides is 2. The number of hydrogen-bond donors (Lipinski definition) is 3. The summed E-state index contributed by atoms with van der Waals surface area (Å²) in [4.78, 5) is 32.5. The molecule has 4 N–H and O–H groups in total. The molecular formula is C21H17F4N5O2. The van der Waals surface area contributed by atoms with Crippen molar-refractivity contribution in [2.45, 2.75) is 12.7 Å². The van der Waals surface area contributed by atoms with E-state index in [9.17, 15) is 27.2 Å². The Morgan fingerprint density at radius 1 is 1.09 bits per heavy atom. The Balaban J connectivity index is 1.79. The summed E-state index contributed by atoms with van der Waals surface area (Å²) in [7, 11) is 1.42. The molecule has 0 saturated heterocycles. The van der Waals surface area contributed by atoms with Gasteiger partial charge >= 0.3 is 6.18 Å². The van der Waals surface area contributed by atoms with Gasteiger partial charge in [-0.2, -0.15) is 13.2 Å². The first-order chi connectivity index (χ1) is 15.1. The number of rotatable bonds is 5. The normalized spacial score (nSPS) is 11.2. The van der Waals surface area contributed by atoms with Gasteiger partial charge in [-0.15, -0.1) is 0 Å². The number of hydrogen-bond acceptors (Lipinski definition) is 5. The largest absolute Gasteiger partial charge is 0.419 e. The zero-order chi connectivity index (χ0) is 23.5.